The monoisotopic (exact) mass is 263 g/mol. The number of anilines is 1. The molecule has 1 aromatic carbocycles. The Morgan fingerprint density at radius 2 is 1.89 bits per heavy atom. The van der Waals surface area contributed by atoms with Crippen LogP contribution in [0.5, 0.6) is 0 Å². The summed E-state index contributed by atoms with van der Waals surface area (Å²) in [6.45, 7) is 8.37. The molecule has 2 N–H and O–H groups in total. The molecule has 0 aliphatic carbocycles. The molecule has 1 rings (SSSR count). The first-order chi connectivity index (χ1) is 9.08. The summed E-state index contributed by atoms with van der Waals surface area (Å²) < 4.78 is 0. The molecule has 0 saturated carbocycles. The van der Waals surface area contributed by atoms with Gasteiger partial charge in [-0.15, -0.1) is 0 Å². The number of rotatable bonds is 8. The normalized spacial score (nSPS) is 11.1. The summed E-state index contributed by atoms with van der Waals surface area (Å²) in [6.07, 6.45) is 2.15. The van der Waals surface area contributed by atoms with Crippen LogP contribution in [0.15, 0.2) is 18.2 Å². The van der Waals surface area contributed by atoms with Crippen molar-refractivity contribution in [2.75, 3.05) is 45.2 Å². The van der Waals surface area contributed by atoms with Gasteiger partial charge in [0.2, 0.25) is 0 Å². The van der Waals surface area contributed by atoms with E-state index in [1.165, 1.54) is 23.2 Å². The quantitative estimate of drug-likeness (QED) is 0.781. The van der Waals surface area contributed by atoms with Gasteiger partial charge in [-0.3, -0.25) is 0 Å². The molecule has 0 aliphatic heterocycles. The lowest BCUT2D eigenvalue weighted by Gasteiger charge is -2.26. The van der Waals surface area contributed by atoms with E-state index in [1.54, 1.807) is 0 Å². The Kier molecular flexibility index (Phi) is 6.89. The molecule has 0 saturated heterocycles. The van der Waals surface area contributed by atoms with Crippen LogP contribution in [0.3, 0.4) is 0 Å². The number of nitrogens with two attached hydrogens (primary N) is 1. The smallest absolute Gasteiger partial charge is 0.0399 e. The van der Waals surface area contributed by atoms with E-state index in [-0.39, 0.29) is 0 Å². The minimum Gasteiger partial charge on any atom is -0.372 e. The predicted molar refractivity (Wildman–Crippen MR) is 85.0 cm³/mol. The molecule has 1 aromatic rings. The van der Waals surface area contributed by atoms with E-state index in [2.05, 4.69) is 55.9 Å². The second-order valence-electron chi connectivity index (χ2n) is 5.41. The fraction of sp³-hybridized carbons (Fsp3) is 0.625. The van der Waals surface area contributed by atoms with Crippen LogP contribution in [0.4, 0.5) is 5.69 Å². The first kappa shape index (κ1) is 16.0. The summed E-state index contributed by atoms with van der Waals surface area (Å²) in [5.74, 6) is 0. The number of nitrogens with zero attached hydrogens (tertiary/aromatic N) is 2. The number of aryl methyl sites for hydroxylation is 1. The van der Waals surface area contributed by atoms with E-state index < -0.39 is 0 Å². The van der Waals surface area contributed by atoms with Gasteiger partial charge < -0.3 is 15.5 Å². The summed E-state index contributed by atoms with van der Waals surface area (Å²) in [5.41, 5.74) is 9.79. The molecule has 108 valence electrons. The largest absolute Gasteiger partial charge is 0.372 e. The Balaban J connectivity index is 2.78. The average molecular weight is 263 g/mol. The van der Waals surface area contributed by atoms with Gasteiger partial charge >= 0.3 is 0 Å². The van der Waals surface area contributed by atoms with E-state index in [1.807, 2.05) is 0 Å². The molecule has 0 heterocycles. The lowest BCUT2D eigenvalue weighted by atomic mass is 10.0. The molecule has 0 radical (unpaired) electrons. The van der Waals surface area contributed by atoms with Crippen molar-refractivity contribution in [2.24, 2.45) is 5.73 Å². The van der Waals surface area contributed by atoms with Crippen LogP contribution in [0.2, 0.25) is 0 Å². The van der Waals surface area contributed by atoms with Crippen LogP contribution >= 0.6 is 0 Å². The maximum atomic E-state index is 5.74. The van der Waals surface area contributed by atoms with E-state index >= 15 is 0 Å². The topological polar surface area (TPSA) is 32.5 Å². The van der Waals surface area contributed by atoms with Gasteiger partial charge in [0.05, 0.1) is 0 Å². The van der Waals surface area contributed by atoms with Crippen molar-refractivity contribution in [2.45, 2.75) is 26.7 Å². The van der Waals surface area contributed by atoms with Gasteiger partial charge in [0.25, 0.3) is 0 Å². The van der Waals surface area contributed by atoms with Gasteiger partial charge in [-0.25, -0.2) is 0 Å². The summed E-state index contributed by atoms with van der Waals surface area (Å²) in [7, 11) is 4.25. The molecule has 0 bridgehead atoms. The fourth-order valence-corrected chi connectivity index (χ4v) is 2.41. The molecule has 0 fully saturated rings. The zero-order chi connectivity index (χ0) is 14.3. The highest BCUT2D eigenvalue weighted by Gasteiger charge is 2.09. The lowest BCUT2D eigenvalue weighted by Crippen LogP contribution is -2.28. The van der Waals surface area contributed by atoms with Crippen molar-refractivity contribution in [3.63, 3.8) is 0 Å². The maximum Gasteiger partial charge on any atom is 0.0399 e. The predicted octanol–water partition coefficient (Wildman–Crippen LogP) is 2.27. The first-order valence-corrected chi connectivity index (χ1v) is 7.27. The van der Waals surface area contributed by atoms with Crippen molar-refractivity contribution in [1.82, 2.24) is 4.90 Å². The van der Waals surface area contributed by atoms with Gasteiger partial charge in [0.15, 0.2) is 0 Å². The first-order valence-electron chi connectivity index (χ1n) is 7.27. The molecular weight excluding hydrogens is 234 g/mol. The molecule has 0 aromatic heterocycles. The molecule has 0 unspecified atom stereocenters. The molecule has 0 amide bonds. The molecule has 3 nitrogen and oxygen atoms in total. The highest BCUT2D eigenvalue weighted by atomic mass is 15.1. The standard InChI is InChI=1S/C16H29N3/c1-5-19(12-6-11-18(3)4)16-8-7-14(2)13-15(16)9-10-17/h7-8,13H,5-6,9-12,17H2,1-4H3. The highest BCUT2D eigenvalue weighted by molar-refractivity contribution is 5.55. The zero-order valence-corrected chi connectivity index (χ0v) is 12.9. The Bertz CT molecular complexity index is 374. The minimum atomic E-state index is 0.714. The van der Waals surface area contributed by atoms with Crippen molar-refractivity contribution < 1.29 is 0 Å². The summed E-state index contributed by atoms with van der Waals surface area (Å²) in [4.78, 5) is 4.71. The van der Waals surface area contributed by atoms with Crippen LogP contribution in [-0.2, 0) is 6.42 Å². The molecule has 19 heavy (non-hydrogen) atoms. The van der Waals surface area contributed by atoms with Crippen molar-refractivity contribution in [3.05, 3.63) is 29.3 Å². The van der Waals surface area contributed by atoms with Gasteiger partial charge in [-0.2, -0.15) is 0 Å². The second kappa shape index (κ2) is 8.18. The van der Waals surface area contributed by atoms with Crippen LogP contribution < -0.4 is 10.6 Å². The molecule has 0 spiro atoms. The van der Waals surface area contributed by atoms with Crippen LogP contribution in [0.1, 0.15) is 24.5 Å². The van der Waals surface area contributed by atoms with Gasteiger partial charge in [0, 0.05) is 18.8 Å². The van der Waals surface area contributed by atoms with Crippen molar-refractivity contribution in [3.8, 4) is 0 Å². The van der Waals surface area contributed by atoms with E-state index in [9.17, 15) is 0 Å². The number of hydrogen-bond acceptors (Lipinski definition) is 3. The van der Waals surface area contributed by atoms with E-state index in [0.29, 0.717) is 6.54 Å². The fourth-order valence-electron chi connectivity index (χ4n) is 2.41. The van der Waals surface area contributed by atoms with Gasteiger partial charge in [-0.05, 0) is 65.5 Å². The second-order valence-corrected chi connectivity index (χ2v) is 5.41. The lowest BCUT2D eigenvalue weighted by molar-refractivity contribution is 0.400. The molecular formula is C16H29N3. The molecule has 3 heteroatoms. The zero-order valence-electron chi connectivity index (χ0n) is 12.9. The van der Waals surface area contributed by atoms with Crippen LogP contribution in [-0.4, -0.2) is 45.2 Å². The van der Waals surface area contributed by atoms with Crippen molar-refractivity contribution in [1.29, 1.82) is 0 Å². The van der Waals surface area contributed by atoms with Crippen LogP contribution in [0, 0.1) is 6.92 Å². The van der Waals surface area contributed by atoms with E-state index in [4.69, 9.17) is 5.73 Å². The molecule has 0 atom stereocenters. The Hall–Kier alpha value is -1.06. The Morgan fingerprint density at radius 3 is 2.47 bits per heavy atom. The van der Waals surface area contributed by atoms with Crippen molar-refractivity contribution >= 4 is 5.69 Å². The third-order valence-corrected chi connectivity index (χ3v) is 3.40. The number of benzene rings is 1. The summed E-state index contributed by atoms with van der Waals surface area (Å²) in [6, 6.07) is 6.72. The van der Waals surface area contributed by atoms with E-state index in [0.717, 1.165) is 26.1 Å². The number of hydrogen-bond donors (Lipinski definition) is 1. The highest BCUT2D eigenvalue weighted by Crippen LogP contribution is 2.22. The minimum absolute atomic E-state index is 0.714. The van der Waals surface area contributed by atoms with Crippen LogP contribution in [0.25, 0.3) is 0 Å². The third-order valence-electron chi connectivity index (χ3n) is 3.40. The maximum absolute atomic E-state index is 5.74. The third kappa shape index (κ3) is 5.21. The summed E-state index contributed by atoms with van der Waals surface area (Å²) >= 11 is 0. The van der Waals surface area contributed by atoms with Gasteiger partial charge in [-0.1, -0.05) is 17.7 Å². The summed E-state index contributed by atoms with van der Waals surface area (Å²) in [5, 5.41) is 0. The average Bonchev–Trinajstić information content (AvgIpc) is 2.36. The Morgan fingerprint density at radius 1 is 1.16 bits per heavy atom. The molecule has 0 aliphatic rings. The SMILES string of the molecule is CCN(CCCN(C)C)c1ccc(C)cc1CCN. The Labute approximate surface area is 118 Å². The van der Waals surface area contributed by atoms with Gasteiger partial charge in [0.1, 0.15) is 0 Å².